The summed E-state index contributed by atoms with van der Waals surface area (Å²) in [6, 6.07) is 4.95. The average Bonchev–Trinajstić information content (AvgIpc) is 2.97. The molecule has 0 bridgehead atoms. The third-order valence-corrected chi connectivity index (χ3v) is 3.75. The molecular formula is C12H9F3N4S. The maximum absolute atomic E-state index is 12.5. The van der Waals surface area contributed by atoms with Gasteiger partial charge in [-0.1, -0.05) is 23.5 Å². The number of nitrogens with one attached hydrogen (secondary N) is 1. The lowest BCUT2D eigenvalue weighted by Crippen LogP contribution is -2.04. The Morgan fingerprint density at radius 2 is 1.90 bits per heavy atom. The van der Waals surface area contributed by atoms with Gasteiger partial charge in [0.05, 0.1) is 17.5 Å². The van der Waals surface area contributed by atoms with Crippen molar-refractivity contribution in [2.75, 3.05) is 12.4 Å². The molecule has 0 aliphatic heterocycles. The Morgan fingerprint density at radius 3 is 2.50 bits per heavy atom. The molecule has 0 spiro atoms. The second kappa shape index (κ2) is 4.48. The highest BCUT2D eigenvalue weighted by atomic mass is 32.1. The number of imidazole rings is 1. The number of alkyl halides is 3. The molecule has 0 saturated carbocycles. The fourth-order valence-corrected chi connectivity index (χ4v) is 2.55. The third kappa shape index (κ3) is 2.11. The molecule has 1 aromatic carbocycles. The van der Waals surface area contributed by atoms with E-state index in [0.29, 0.717) is 21.3 Å². The Balaban J connectivity index is 2.04. The van der Waals surface area contributed by atoms with Crippen LogP contribution >= 0.6 is 11.3 Å². The van der Waals surface area contributed by atoms with Crippen LogP contribution in [0, 0.1) is 0 Å². The Hall–Kier alpha value is -2.09. The number of nitrogens with zero attached hydrogens (tertiary/aromatic N) is 3. The van der Waals surface area contributed by atoms with E-state index in [1.54, 1.807) is 17.8 Å². The van der Waals surface area contributed by atoms with E-state index in [2.05, 4.69) is 15.4 Å². The minimum Gasteiger partial charge on any atom is -0.363 e. The summed E-state index contributed by atoms with van der Waals surface area (Å²) in [5, 5.41) is 7.88. The van der Waals surface area contributed by atoms with Gasteiger partial charge in [-0.2, -0.15) is 13.2 Å². The first-order chi connectivity index (χ1) is 9.49. The molecule has 20 heavy (non-hydrogen) atoms. The van der Waals surface area contributed by atoms with E-state index in [9.17, 15) is 13.2 Å². The van der Waals surface area contributed by atoms with Crippen LogP contribution in [0.25, 0.3) is 16.2 Å². The maximum Gasteiger partial charge on any atom is 0.416 e. The minimum absolute atomic E-state index is 0.637. The summed E-state index contributed by atoms with van der Waals surface area (Å²) in [6.07, 6.45) is -2.73. The van der Waals surface area contributed by atoms with Crippen molar-refractivity contribution < 1.29 is 13.2 Å². The van der Waals surface area contributed by atoms with E-state index >= 15 is 0 Å². The molecule has 0 fully saturated rings. The lowest BCUT2D eigenvalue weighted by molar-refractivity contribution is -0.137. The number of aromatic nitrogens is 3. The molecule has 0 amide bonds. The molecule has 0 saturated heterocycles. The molecule has 0 aliphatic carbocycles. The fraction of sp³-hybridized carbons (Fsp3) is 0.167. The van der Waals surface area contributed by atoms with Gasteiger partial charge in [-0.3, -0.25) is 0 Å². The Bertz CT molecular complexity index is 742. The number of rotatable bonds is 2. The zero-order valence-corrected chi connectivity index (χ0v) is 11.1. The number of benzene rings is 1. The van der Waals surface area contributed by atoms with Crippen LogP contribution < -0.4 is 5.32 Å². The summed E-state index contributed by atoms with van der Waals surface area (Å²) in [5.74, 6) is 0. The van der Waals surface area contributed by atoms with Crippen LogP contribution in [0.1, 0.15) is 5.56 Å². The Morgan fingerprint density at radius 1 is 1.20 bits per heavy atom. The first-order valence-corrected chi connectivity index (χ1v) is 6.50. The zero-order valence-electron chi connectivity index (χ0n) is 10.3. The van der Waals surface area contributed by atoms with E-state index in [4.69, 9.17) is 0 Å². The van der Waals surface area contributed by atoms with Gasteiger partial charge in [-0.05, 0) is 12.1 Å². The van der Waals surface area contributed by atoms with Crippen LogP contribution in [-0.2, 0) is 6.18 Å². The fourth-order valence-electron chi connectivity index (χ4n) is 1.82. The van der Waals surface area contributed by atoms with Gasteiger partial charge in [0.15, 0.2) is 0 Å². The highest BCUT2D eigenvalue weighted by Crippen LogP contribution is 2.31. The van der Waals surface area contributed by atoms with Crippen LogP contribution in [-0.4, -0.2) is 21.6 Å². The molecule has 2 heterocycles. The minimum atomic E-state index is -4.33. The van der Waals surface area contributed by atoms with Crippen LogP contribution in [0.2, 0.25) is 0 Å². The summed E-state index contributed by atoms with van der Waals surface area (Å²) < 4.78 is 39.2. The van der Waals surface area contributed by atoms with Gasteiger partial charge in [0.1, 0.15) is 0 Å². The molecule has 0 unspecified atom stereocenters. The quantitative estimate of drug-likeness (QED) is 0.787. The largest absolute Gasteiger partial charge is 0.416 e. The molecule has 104 valence electrons. The van der Waals surface area contributed by atoms with E-state index in [0.717, 1.165) is 12.1 Å². The lowest BCUT2D eigenvalue weighted by Gasteiger charge is -2.06. The number of anilines is 1. The van der Waals surface area contributed by atoms with Crippen LogP contribution in [0.4, 0.5) is 18.3 Å². The van der Waals surface area contributed by atoms with Crippen molar-refractivity contribution in [1.82, 2.24) is 14.6 Å². The number of hydrogen-bond donors (Lipinski definition) is 1. The van der Waals surface area contributed by atoms with Gasteiger partial charge in [0, 0.05) is 12.6 Å². The predicted molar refractivity (Wildman–Crippen MR) is 70.8 cm³/mol. The van der Waals surface area contributed by atoms with E-state index in [1.807, 2.05) is 0 Å². The van der Waals surface area contributed by atoms with Crippen molar-refractivity contribution in [3.05, 3.63) is 36.0 Å². The van der Waals surface area contributed by atoms with Gasteiger partial charge >= 0.3 is 6.18 Å². The summed E-state index contributed by atoms with van der Waals surface area (Å²) >= 11 is 1.37. The SMILES string of the molecule is CNc1nn2c(-c3ccc(C(F)(F)F)cc3)cnc2s1. The first kappa shape index (κ1) is 12.9. The molecule has 0 atom stereocenters. The van der Waals surface area contributed by atoms with E-state index < -0.39 is 11.7 Å². The van der Waals surface area contributed by atoms with E-state index in [-0.39, 0.29) is 0 Å². The van der Waals surface area contributed by atoms with Crippen molar-refractivity contribution in [3.8, 4) is 11.3 Å². The molecule has 1 N–H and O–H groups in total. The van der Waals surface area contributed by atoms with Crippen molar-refractivity contribution in [1.29, 1.82) is 0 Å². The van der Waals surface area contributed by atoms with Crippen molar-refractivity contribution in [2.24, 2.45) is 0 Å². The zero-order chi connectivity index (χ0) is 14.3. The number of fused-ring (bicyclic) bond motifs is 1. The molecule has 0 radical (unpaired) electrons. The van der Waals surface area contributed by atoms with Gasteiger partial charge in [0.25, 0.3) is 0 Å². The average molecular weight is 298 g/mol. The topological polar surface area (TPSA) is 42.2 Å². The molecular weight excluding hydrogens is 289 g/mol. The Labute approximate surface area is 115 Å². The normalized spacial score (nSPS) is 12.0. The van der Waals surface area contributed by atoms with Gasteiger partial charge in [-0.25, -0.2) is 9.50 Å². The second-order valence-electron chi connectivity index (χ2n) is 4.07. The molecule has 3 rings (SSSR count). The molecule has 3 aromatic rings. The van der Waals surface area contributed by atoms with E-state index in [1.165, 1.54) is 23.5 Å². The monoisotopic (exact) mass is 298 g/mol. The lowest BCUT2D eigenvalue weighted by atomic mass is 10.1. The van der Waals surface area contributed by atoms with Crippen LogP contribution in [0.15, 0.2) is 30.5 Å². The highest BCUT2D eigenvalue weighted by Gasteiger charge is 2.30. The summed E-state index contributed by atoms with van der Waals surface area (Å²) in [6.45, 7) is 0. The molecule has 2 aromatic heterocycles. The Kier molecular flexibility index (Phi) is 2.89. The standard InChI is InChI=1S/C12H9F3N4S/c1-16-10-18-19-9(6-17-11(19)20-10)7-2-4-8(5-3-7)12(13,14)15/h2-6H,1H3,(H,16,18). The smallest absolute Gasteiger partial charge is 0.363 e. The second-order valence-corrected chi connectivity index (χ2v) is 5.03. The van der Waals surface area contributed by atoms with Gasteiger partial charge in [-0.15, -0.1) is 5.10 Å². The summed E-state index contributed by atoms with van der Waals surface area (Å²) in [7, 11) is 1.75. The van der Waals surface area contributed by atoms with Crippen molar-refractivity contribution in [2.45, 2.75) is 6.18 Å². The first-order valence-electron chi connectivity index (χ1n) is 5.69. The van der Waals surface area contributed by atoms with Gasteiger partial charge < -0.3 is 5.32 Å². The molecule has 0 aliphatic rings. The number of halogens is 3. The van der Waals surface area contributed by atoms with Crippen molar-refractivity contribution in [3.63, 3.8) is 0 Å². The molecule has 4 nitrogen and oxygen atoms in total. The number of hydrogen-bond acceptors (Lipinski definition) is 4. The molecule has 8 heteroatoms. The van der Waals surface area contributed by atoms with Crippen LogP contribution in [0.5, 0.6) is 0 Å². The maximum atomic E-state index is 12.5. The predicted octanol–water partition coefficient (Wildman–Crippen LogP) is 3.52. The third-order valence-electron chi connectivity index (χ3n) is 2.81. The summed E-state index contributed by atoms with van der Waals surface area (Å²) in [5.41, 5.74) is 0.626. The highest BCUT2D eigenvalue weighted by molar-refractivity contribution is 7.20. The van der Waals surface area contributed by atoms with Crippen LogP contribution in [0.3, 0.4) is 0 Å². The van der Waals surface area contributed by atoms with Gasteiger partial charge in [0.2, 0.25) is 10.1 Å². The van der Waals surface area contributed by atoms with Crippen molar-refractivity contribution >= 4 is 21.4 Å². The summed E-state index contributed by atoms with van der Waals surface area (Å²) in [4.78, 5) is 4.88.